The van der Waals surface area contributed by atoms with Crippen LogP contribution in [-0.4, -0.2) is 23.5 Å². The van der Waals surface area contributed by atoms with E-state index in [1.165, 1.54) is 21.8 Å². The molecule has 0 atom stereocenters. The van der Waals surface area contributed by atoms with Gasteiger partial charge in [-0.15, -0.1) is 11.3 Å². The van der Waals surface area contributed by atoms with Crippen LogP contribution >= 0.6 is 11.3 Å². The molecule has 1 rings (SSSR count). The van der Waals surface area contributed by atoms with Gasteiger partial charge in [-0.25, -0.2) is 0 Å². The Labute approximate surface area is 105 Å². The van der Waals surface area contributed by atoms with Crippen LogP contribution in [0.2, 0.25) is 0 Å². The molecule has 1 aromatic heterocycles. The fraction of sp³-hybridized carbons (Fsp3) is 0.500. The second-order valence-corrected chi connectivity index (χ2v) is 5.06. The smallest absolute Gasteiger partial charge is 0.303 e. The summed E-state index contributed by atoms with van der Waals surface area (Å²) < 4.78 is 0. The van der Waals surface area contributed by atoms with E-state index in [-0.39, 0.29) is 12.3 Å². The molecule has 0 saturated heterocycles. The van der Waals surface area contributed by atoms with Gasteiger partial charge in [-0.2, -0.15) is 0 Å². The first-order chi connectivity index (χ1) is 8.04. The van der Waals surface area contributed by atoms with Gasteiger partial charge < -0.3 is 10.4 Å². The number of amides is 1. The highest BCUT2D eigenvalue weighted by atomic mass is 32.1. The Kier molecular flexibility index (Phi) is 5.15. The van der Waals surface area contributed by atoms with Crippen molar-refractivity contribution in [1.29, 1.82) is 0 Å². The first-order valence-corrected chi connectivity index (χ1v) is 6.45. The number of rotatable bonds is 6. The number of hydrogen-bond acceptors (Lipinski definition) is 3. The van der Waals surface area contributed by atoms with Crippen molar-refractivity contribution in [2.24, 2.45) is 0 Å². The van der Waals surface area contributed by atoms with Crippen molar-refractivity contribution in [3.63, 3.8) is 0 Å². The molecule has 0 spiro atoms. The van der Waals surface area contributed by atoms with E-state index < -0.39 is 5.97 Å². The molecular weight excluding hydrogens is 238 g/mol. The zero-order valence-electron chi connectivity index (χ0n) is 10.1. The lowest BCUT2D eigenvalue weighted by Crippen LogP contribution is -2.24. The third-order valence-corrected chi connectivity index (χ3v) is 3.57. The van der Waals surface area contributed by atoms with E-state index in [0.717, 1.165) is 6.42 Å². The lowest BCUT2D eigenvalue weighted by atomic mass is 10.2. The highest BCUT2D eigenvalue weighted by Crippen LogP contribution is 2.21. The maximum atomic E-state index is 11.7. The van der Waals surface area contributed by atoms with E-state index in [2.05, 4.69) is 12.2 Å². The Morgan fingerprint density at radius 3 is 2.71 bits per heavy atom. The molecule has 94 valence electrons. The molecule has 5 heteroatoms. The Hall–Kier alpha value is -1.36. The number of thiophene rings is 1. The second kappa shape index (κ2) is 6.39. The molecule has 0 aliphatic heterocycles. The molecule has 1 aromatic rings. The molecule has 1 heterocycles. The number of hydrogen-bond donors (Lipinski definition) is 2. The molecule has 0 bridgehead atoms. The Balaban J connectivity index is 2.44. The number of aryl methyl sites for hydroxylation is 2. The molecular formula is C12H17NO3S. The Bertz CT molecular complexity index is 412. The lowest BCUT2D eigenvalue weighted by molar-refractivity contribution is -0.137. The zero-order valence-corrected chi connectivity index (χ0v) is 10.9. The lowest BCUT2D eigenvalue weighted by Gasteiger charge is -2.01. The molecule has 2 N–H and O–H groups in total. The summed E-state index contributed by atoms with van der Waals surface area (Å²) in [6.07, 6.45) is 1.48. The minimum atomic E-state index is -0.834. The van der Waals surface area contributed by atoms with E-state index in [0.29, 0.717) is 17.8 Å². The van der Waals surface area contributed by atoms with Crippen molar-refractivity contribution in [2.45, 2.75) is 33.1 Å². The molecule has 0 radical (unpaired) electrons. The molecule has 1 amide bonds. The standard InChI is InChI=1S/C12H17NO3S/c1-3-9-7-10(17-8(9)2)12(16)13-6-4-5-11(14)15/h7H,3-6H2,1-2H3,(H,13,16)(H,14,15). The van der Waals surface area contributed by atoms with Crippen LogP contribution in [0.25, 0.3) is 0 Å². The van der Waals surface area contributed by atoms with Crippen molar-refractivity contribution < 1.29 is 14.7 Å². The molecule has 0 fully saturated rings. The van der Waals surface area contributed by atoms with Crippen LogP contribution in [0.1, 0.15) is 39.9 Å². The summed E-state index contributed by atoms with van der Waals surface area (Å²) in [6, 6.07) is 1.91. The van der Waals surface area contributed by atoms with Crippen molar-refractivity contribution in [3.8, 4) is 0 Å². The van der Waals surface area contributed by atoms with E-state index in [4.69, 9.17) is 5.11 Å². The third kappa shape index (κ3) is 4.19. The van der Waals surface area contributed by atoms with Gasteiger partial charge in [0.25, 0.3) is 5.91 Å². The average molecular weight is 255 g/mol. The quantitative estimate of drug-likeness (QED) is 0.766. The van der Waals surface area contributed by atoms with Gasteiger partial charge >= 0.3 is 5.97 Å². The fourth-order valence-electron chi connectivity index (χ4n) is 1.51. The van der Waals surface area contributed by atoms with Gasteiger partial charge in [0.2, 0.25) is 0 Å². The first-order valence-electron chi connectivity index (χ1n) is 5.64. The number of carbonyl (C=O) groups is 2. The van der Waals surface area contributed by atoms with Crippen molar-refractivity contribution in [2.75, 3.05) is 6.54 Å². The highest BCUT2D eigenvalue weighted by Gasteiger charge is 2.10. The van der Waals surface area contributed by atoms with Gasteiger partial charge in [-0.3, -0.25) is 9.59 Å². The minimum Gasteiger partial charge on any atom is -0.481 e. The maximum Gasteiger partial charge on any atom is 0.303 e. The summed E-state index contributed by atoms with van der Waals surface area (Å²) in [4.78, 5) is 23.9. The van der Waals surface area contributed by atoms with Gasteiger partial charge in [0.05, 0.1) is 4.88 Å². The average Bonchev–Trinajstić information content (AvgIpc) is 2.65. The van der Waals surface area contributed by atoms with Crippen LogP contribution in [0, 0.1) is 6.92 Å². The number of nitrogens with one attached hydrogen (secondary N) is 1. The van der Waals surface area contributed by atoms with Gasteiger partial charge in [-0.05, 0) is 31.4 Å². The molecule has 17 heavy (non-hydrogen) atoms. The van der Waals surface area contributed by atoms with Crippen LogP contribution in [0.5, 0.6) is 0 Å². The SMILES string of the molecule is CCc1cc(C(=O)NCCCC(=O)O)sc1C. The molecule has 0 aliphatic rings. The van der Waals surface area contributed by atoms with Gasteiger partial charge in [0, 0.05) is 17.8 Å². The minimum absolute atomic E-state index is 0.0873. The number of aliphatic carboxylic acids is 1. The topological polar surface area (TPSA) is 66.4 Å². The van der Waals surface area contributed by atoms with Crippen LogP contribution in [-0.2, 0) is 11.2 Å². The summed E-state index contributed by atoms with van der Waals surface area (Å²) in [6.45, 7) is 4.47. The fourth-order valence-corrected chi connectivity index (χ4v) is 2.54. The zero-order chi connectivity index (χ0) is 12.8. The summed E-state index contributed by atoms with van der Waals surface area (Å²) in [5, 5.41) is 11.2. The van der Waals surface area contributed by atoms with E-state index in [9.17, 15) is 9.59 Å². The van der Waals surface area contributed by atoms with E-state index >= 15 is 0 Å². The van der Waals surface area contributed by atoms with Gasteiger partial charge in [0.1, 0.15) is 0 Å². The van der Waals surface area contributed by atoms with Crippen LogP contribution in [0.4, 0.5) is 0 Å². The van der Waals surface area contributed by atoms with E-state index in [1.54, 1.807) is 0 Å². The van der Waals surface area contributed by atoms with Crippen molar-refractivity contribution >= 4 is 23.2 Å². The Morgan fingerprint density at radius 1 is 1.47 bits per heavy atom. The number of carboxylic acid groups (broad SMARTS) is 1. The summed E-state index contributed by atoms with van der Waals surface area (Å²) >= 11 is 1.48. The number of carboxylic acids is 1. The second-order valence-electron chi connectivity index (χ2n) is 3.80. The van der Waals surface area contributed by atoms with Crippen LogP contribution in [0.3, 0.4) is 0 Å². The van der Waals surface area contributed by atoms with Crippen LogP contribution < -0.4 is 5.32 Å². The van der Waals surface area contributed by atoms with Gasteiger partial charge in [-0.1, -0.05) is 6.92 Å². The Morgan fingerprint density at radius 2 is 2.18 bits per heavy atom. The monoisotopic (exact) mass is 255 g/mol. The molecule has 0 aromatic carbocycles. The maximum absolute atomic E-state index is 11.7. The van der Waals surface area contributed by atoms with Crippen LogP contribution in [0.15, 0.2) is 6.07 Å². The summed E-state index contributed by atoms with van der Waals surface area (Å²) in [7, 11) is 0. The summed E-state index contributed by atoms with van der Waals surface area (Å²) in [5.74, 6) is -0.942. The third-order valence-electron chi connectivity index (χ3n) is 2.48. The highest BCUT2D eigenvalue weighted by molar-refractivity contribution is 7.14. The normalized spacial score (nSPS) is 10.2. The predicted octanol–water partition coefficient (Wildman–Crippen LogP) is 2.21. The van der Waals surface area contributed by atoms with Gasteiger partial charge in [0.15, 0.2) is 0 Å². The van der Waals surface area contributed by atoms with Crippen molar-refractivity contribution in [3.05, 3.63) is 21.4 Å². The largest absolute Gasteiger partial charge is 0.481 e. The molecule has 0 unspecified atom stereocenters. The number of carbonyl (C=O) groups excluding carboxylic acids is 1. The van der Waals surface area contributed by atoms with Crippen molar-refractivity contribution in [1.82, 2.24) is 5.32 Å². The molecule has 4 nitrogen and oxygen atoms in total. The summed E-state index contributed by atoms with van der Waals surface area (Å²) in [5.41, 5.74) is 1.20. The predicted molar refractivity (Wildman–Crippen MR) is 67.6 cm³/mol. The first kappa shape index (κ1) is 13.7. The molecule has 0 aliphatic carbocycles. The van der Waals surface area contributed by atoms with E-state index in [1.807, 2.05) is 13.0 Å². The molecule has 0 saturated carbocycles.